The average Bonchev–Trinajstić information content (AvgIpc) is 2.81. The predicted molar refractivity (Wildman–Crippen MR) is 117 cm³/mol. The Hall–Kier alpha value is -3.46. The van der Waals surface area contributed by atoms with Crippen LogP contribution in [0.4, 0.5) is 17.2 Å². The minimum atomic E-state index is -0.279. The summed E-state index contributed by atoms with van der Waals surface area (Å²) in [7, 11) is 0. The van der Waals surface area contributed by atoms with Crippen LogP contribution in [0.1, 0.15) is 6.42 Å². The van der Waals surface area contributed by atoms with Gasteiger partial charge in [-0.3, -0.25) is 9.88 Å². The Labute approximate surface area is 174 Å². The average molecular weight is 408 g/mol. The van der Waals surface area contributed by atoms with Gasteiger partial charge in [-0.15, -0.1) is 4.91 Å². The van der Waals surface area contributed by atoms with Crippen molar-refractivity contribution >= 4 is 28.1 Å². The zero-order valence-corrected chi connectivity index (χ0v) is 16.5. The maximum atomic E-state index is 11.3. The van der Waals surface area contributed by atoms with Gasteiger partial charge in [0.2, 0.25) is 0 Å². The number of pyridine rings is 2. The number of aromatic hydroxyl groups is 2. The van der Waals surface area contributed by atoms with Crippen LogP contribution in [0.3, 0.4) is 0 Å². The Bertz CT molecular complexity index is 1020. The molecule has 1 saturated heterocycles. The van der Waals surface area contributed by atoms with Crippen molar-refractivity contribution in [1.29, 1.82) is 0 Å². The highest BCUT2D eigenvalue weighted by molar-refractivity contribution is 6.01. The van der Waals surface area contributed by atoms with Crippen LogP contribution in [0.5, 0.6) is 11.5 Å². The number of anilines is 2. The van der Waals surface area contributed by atoms with E-state index in [-0.39, 0.29) is 28.4 Å². The summed E-state index contributed by atoms with van der Waals surface area (Å²) in [5, 5.41) is 27.1. The minimum Gasteiger partial charge on any atom is -0.505 e. The van der Waals surface area contributed by atoms with Gasteiger partial charge >= 0.3 is 0 Å². The minimum absolute atomic E-state index is 0.119. The van der Waals surface area contributed by atoms with Gasteiger partial charge in [-0.05, 0) is 42.4 Å². The smallest absolute Gasteiger partial charge is 0.177 e. The third-order valence-electron chi connectivity index (χ3n) is 5.37. The van der Waals surface area contributed by atoms with Crippen molar-refractivity contribution in [2.45, 2.75) is 6.42 Å². The fourth-order valence-electron chi connectivity index (χ4n) is 3.78. The van der Waals surface area contributed by atoms with Gasteiger partial charge in [-0.2, -0.15) is 0 Å². The molecule has 0 aliphatic carbocycles. The summed E-state index contributed by atoms with van der Waals surface area (Å²) in [4.78, 5) is 24.4. The molecule has 30 heavy (non-hydrogen) atoms. The van der Waals surface area contributed by atoms with E-state index in [2.05, 4.69) is 30.3 Å². The molecule has 1 fully saturated rings. The molecule has 0 spiro atoms. The van der Waals surface area contributed by atoms with Gasteiger partial charge in [-0.25, -0.2) is 4.98 Å². The van der Waals surface area contributed by atoms with Gasteiger partial charge in [0.15, 0.2) is 17.2 Å². The molecule has 0 radical (unpaired) electrons. The largest absolute Gasteiger partial charge is 0.505 e. The molecule has 0 atom stereocenters. The SMILES string of the molecule is O=Nc1c(NCCCN2CCN(c3ccccn3)CC2)c(O)c2ncccc2c1O. The second-order valence-corrected chi connectivity index (χ2v) is 7.21. The van der Waals surface area contributed by atoms with E-state index in [1.807, 2.05) is 24.4 Å². The number of nitrogens with zero attached hydrogens (tertiary/aromatic N) is 5. The van der Waals surface area contributed by atoms with Gasteiger partial charge in [-0.1, -0.05) is 6.07 Å². The first-order chi connectivity index (χ1) is 14.7. The van der Waals surface area contributed by atoms with E-state index in [0.29, 0.717) is 11.9 Å². The van der Waals surface area contributed by atoms with E-state index in [4.69, 9.17) is 0 Å². The Morgan fingerprint density at radius 2 is 1.80 bits per heavy atom. The summed E-state index contributed by atoms with van der Waals surface area (Å²) >= 11 is 0. The summed E-state index contributed by atoms with van der Waals surface area (Å²) in [6.45, 7) is 5.15. The third-order valence-corrected chi connectivity index (χ3v) is 5.37. The Morgan fingerprint density at radius 3 is 2.53 bits per heavy atom. The zero-order chi connectivity index (χ0) is 20.9. The topological polar surface area (TPSA) is 114 Å². The number of piperazine rings is 1. The molecule has 9 nitrogen and oxygen atoms in total. The summed E-state index contributed by atoms with van der Waals surface area (Å²) in [6, 6.07) is 9.15. The van der Waals surface area contributed by atoms with Crippen LogP contribution in [0.15, 0.2) is 47.9 Å². The number of benzene rings is 1. The molecule has 3 heterocycles. The number of nitrogens with one attached hydrogen (secondary N) is 1. The Morgan fingerprint density at radius 1 is 1.00 bits per heavy atom. The van der Waals surface area contributed by atoms with E-state index in [1.165, 1.54) is 6.20 Å². The van der Waals surface area contributed by atoms with Crippen LogP contribution in [-0.4, -0.2) is 64.3 Å². The van der Waals surface area contributed by atoms with E-state index in [1.54, 1.807) is 12.1 Å². The zero-order valence-electron chi connectivity index (χ0n) is 16.5. The van der Waals surface area contributed by atoms with Crippen molar-refractivity contribution in [2.75, 3.05) is 49.5 Å². The molecule has 0 bridgehead atoms. The standard InChI is InChI=1S/C21H24N6O3/c28-20-15-5-3-8-23-17(15)21(29)18(19(20)25-30)24-9-4-10-26-11-13-27(14-12-26)16-6-1-2-7-22-16/h1-3,5-8,24,28-29H,4,9-14H2. The van der Waals surface area contributed by atoms with Crippen molar-refractivity contribution in [2.24, 2.45) is 5.18 Å². The molecule has 0 amide bonds. The van der Waals surface area contributed by atoms with Crippen LogP contribution >= 0.6 is 0 Å². The normalized spacial score (nSPS) is 14.7. The van der Waals surface area contributed by atoms with Gasteiger partial charge in [0, 0.05) is 50.5 Å². The molecular weight excluding hydrogens is 384 g/mol. The van der Waals surface area contributed by atoms with Crippen LogP contribution in [0.2, 0.25) is 0 Å². The number of nitroso groups, excluding NO2 is 1. The number of phenols is 2. The van der Waals surface area contributed by atoms with Gasteiger partial charge in [0.25, 0.3) is 0 Å². The van der Waals surface area contributed by atoms with E-state index < -0.39 is 0 Å². The van der Waals surface area contributed by atoms with Crippen LogP contribution in [-0.2, 0) is 0 Å². The molecule has 0 saturated carbocycles. The van der Waals surface area contributed by atoms with Crippen molar-refractivity contribution in [3.8, 4) is 11.5 Å². The second-order valence-electron chi connectivity index (χ2n) is 7.21. The Kier molecular flexibility index (Phi) is 5.89. The number of phenolic OH excluding ortho intramolecular Hbond substituents is 2. The molecule has 9 heteroatoms. The fraction of sp³-hybridized carbons (Fsp3) is 0.333. The summed E-state index contributed by atoms with van der Waals surface area (Å²) < 4.78 is 0. The maximum absolute atomic E-state index is 11.3. The Balaban J connectivity index is 1.33. The van der Waals surface area contributed by atoms with Crippen molar-refractivity contribution in [1.82, 2.24) is 14.9 Å². The summed E-state index contributed by atoms with van der Waals surface area (Å²) in [6.07, 6.45) is 4.14. The van der Waals surface area contributed by atoms with Gasteiger partial charge in [0.05, 0.1) is 0 Å². The van der Waals surface area contributed by atoms with Gasteiger partial charge < -0.3 is 20.4 Å². The lowest BCUT2D eigenvalue weighted by molar-refractivity contribution is 0.256. The van der Waals surface area contributed by atoms with Crippen LogP contribution in [0, 0.1) is 4.91 Å². The number of hydrogen-bond donors (Lipinski definition) is 3. The van der Waals surface area contributed by atoms with E-state index >= 15 is 0 Å². The van der Waals surface area contributed by atoms with Crippen LogP contribution < -0.4 is 10.2 Å². The number of hydrogen-bond acceptors (Lipinski definition) is 9. The fourth-order valence-corrected chi connectivity index (χ4v) is 3.78. The second kappa shape index (κ2) is 8.91. The molecule has 4 rings (SSSR count). The lowest BCUT2D eigenvalue weighted by Gasteiger charge is -2.35. The lowest BCUT2D eigenvalue weighted by atomic mass is 10.1. The number of rotatable bonds is 7. The molecule has 3 aromatic rings. The highest BCUT2D eigenvalue weighted by atomic mass is 16.3. The molecule has 1 aliphatic heterocycles. The molecular formula is C21H24N6O3. The van der Waals surface area contributed by atoms with Crippen molar-refractivity contribution in [3.63, 3.8) is 0 Å². The monoisotopic (exact) mass is 408 g/mol. The molecule has 3 N–H and O–H groups in total. The summed E-state index contributed by atoms with van der Waals surface area (Å²) in [5.74, 6) is 0.550. The highest BCUT2D eigenvalue weighted by Gasteiger charge is 2.21. The molecule has 0 unspecified atom stereocenters. The maximum Gasteiger partial charge on any atom is 0.177 e. The number of aromatic nitrogens is 2. The quantitative estimate of drug-likeness (QED) is 0.237. The number of fused-ring (bicyclic) bond motifs is 1. The first kappa shape index (κ1) is 19.8. The molecule has 156 valence electrons. The van der Waals surface area contributed by atoms with Crippen molar-refractivity contribution < 1.29 is 10.2 Å². The predicted octanol–water partition coefficient (Wildman–Crippen LogP) is 3.06. The third kappa shape index (κ3) is 3.97. The first-order valence-electron chi connectivity index (χ1n) is 9.97. The van der Waals surface area contributed by atoms with E-state index in [9.17, 15) is 15.1 Å². The molecule has 2 aromatic heterocycles. The lowest BCUT2D eigenvalue weighted by Crippen LogP contribution is -2.47. The highest BCUT2D eigenvalue weighted by Crippen LogP contribution is 2.47. The summed E-state index contributed by atoms with van der Waals surface area (Å²) in [5.41, 5.74) is 0.154. The van der Waals surface area contributed by atoms with Crippen molar-refractivity contribution in [3.05, 3.63) is 47.6 Å². The van der Waals surface area contributed by atoms with Crippen LogP contribution in [0.25, 0.3) is 10.9 Å². The molecule has 1 aliphatic rings. The van der Waals surface area contributed by atoms with Gasteiger partial charge in [0.1, 0.15) is 17.0 Å². The molecule has 1 aromatic carbocycles. The first-order valence-corrected chi connectivity index (χ1v) is 9.97. The van der Waals surface area contributed by atoms with E-state index in [0.717, 1.165) is 45.0 Å².